The molecule has 0 amide bonds. The van der Waals surface area contributed by atoms with E-state index < -0.39 is 8.25 Å². The molecule has 0 aromatic carbocycles. The average Bonchev–Trinajstić information content (AvgIpc) is 2.72. The molecule has 0 heterocycles. The number of carbonyl (C=O) groups is 2. The van der Waals surface area contributed by atoms with Gasteiger partial charge in [-0.2, -0.15) is 0 Å². The summed E-state index contributed by atoms with van der Waals surface area (Å²) in [5, 5.41) is 0. The molecule has 2 fully saturated rings. The Bertz CT molecular complexity index is 613. The van der Waals surface area contributed by atoms with Crippen LogP contribution in [0.5, 0.6) is 0 Å². The van der Waals surface area contributed by atoms with E-state index in [9.17, 15) is 14.2 Å². The number of alkyl halides is 2. The van der Waals surface area contributed by atoms with Gasteiger partial charge in [0.2, 0.25) is 0 Å². The van der Waals surface area contributed by atoms with E-state index in [1.165, 1.54) is 0 Å². The molecule has 4 unspecified atom stereocenters. The third-order valence-electron chi connectivity index (χ3n) is 7.67. The third kappa shape index (κ3) is 8.83. The zero-order valence-corrected chi connectivity index (χ0v) is 24.1. The van der Waals surface area contributed by atoms with Gasteiger partial charge in [0.05, 0.1) is 9.65 Å². The highest BCUT2D eigenvalue weighted by atomic mass is 79.9. The summed E-state index contributed by atoms with van der Waals surface area (Å²) in [6.45, 7) is 9.68. The first-order chi connectivity index (χ1) is 14.9. The highest BCUT2D eigenvalue weighted by molar-refractivity contribution is 9.10. The van der Waals surface area contributed by atoms with Crippen LogP contribution < -0.4 is 0 Å². The second-order valence-electron chi connectivity index (χ2n) is 10.9. The maximum Gasteiger partial charge on any atom is 0.697 e. The summed E-state index contributed by atoms with van der Waals surface area (Å²) in [4.78, 5) is 24.1. The van der Waals surface area contributed by atoms with E-state index in [2.05, 4.69) is 59.6 Å². The number of carbonyl (C=O) groups excluding carboxylic acids is 2. The molecular formula is C24H40Br2O5P+. The van der Waals surface area contributed by atoms with Crippen molar-refractivity contribution in [1.82, 2.24) is 0 Å². The summed E-state index contributed by atoms with van der Waals surface area (Å²) in [5.74, 6) is 1.43. The van der Waals surface area contributed by atoms with Gasteiger partial charge in [-0.1, -0.05) is 59.6 Å². The highest BCUT2D eigenvalue weighted by Gasteiger charge is 2.37. The fourth-order valence-corrected chi connectivity index (χ4v) is 6.61. The lowest BCUT2D eigenvalue weighted by Crippen LogP contribution is -2.34. The van der Waals surface area contributed by atoms with E-state index >= 15 is 0 Å². The molecule has 0 bridgehead atoms. The summed E-state index contributed by atoms with van der Waals surface area (Å²) in [7, 11) is -2.10. The fraction of sp³-hybridized carbons (Fsp3) is 0.917. The molecule has 0 aromatic rings. The first kappa shape index (κ1) is 28.6. The number of hydrogen-bond acceptors (Lipinski definition) is 5. The van der Waals surface area contributed by atoms with Crippen molar-refractivity contribution in [2.24, 2.45) is 22.7 Å². The van der Waals surface area contributed by atoms with E-state index in [0.717, 1.165) is 51.4 Å². The van der Waals surface area contributed by atoms with E-state index in [0.29, 0.717) is 49.5 Å². The molecule has 184 valence electrons. The van der Waals surface area contributed by atoms with Gasteiger partial charge in [-0.25, -0.2) is 0 Å². The van der Waals surface area contributed by atoms with Crippen molar-refractivity contribution in [1.29, 1.82) is 0 Å². The summed E-state index contributed by atoms with van der Waals surface area (Å²) in [6.07, 6.45) is 8.71. The quantitative estimate of drug-likeness (QED) is 0.132. The predicted octanol–water partition coefficient (Wildman–Crippen LogP) is 7.56. The Morgan fingerprint density at radius 2 is 1.16 bits per heavy atom. The smallest absolute Gasteiger partial charge is 0.298 e. The van der Waals surface area contributed by atoms with Crippen molar-refractivity contribution < 1.29 is 23.2 Å². The molecule has 5 nitrogen and oxygen atoms in total. The SMILES string of the molecule is CC(C)(CCCO[P+](=O)OCCCC(C)(C)C1CCC(Br)C(=O)C1)C1CCC(Br)C(=O)C1. The minimum Gasteiger partial charge on any atom is -0.298 e. The zero-order chi connectivity index (χ0) is 23.9. The topological polar surface area (TPSA) is 69.7 Å². The normalized spacial score (nSPS) is 28.1. The second kappa shape index (κ2) is 12.9. The van der Waals surface area contributed by atoms with E-state index in [1.54, 1.807) is 0 Å². The lowest BCUT2D eigenvalue weighted by molar-refractivity contribution is -0.123. The summed E-state index contributed by atoms with van der Waals surface area (Å²) in [5.41, 5.74) is 0.138. The van der Waals surface area contributed by atoms with Gasteiger partial charge in [-0.05, 0) is 74.0 Å². The lowest BCUT2D eigenvalue weighted by atomic mass is 9.68. The predicted molar refractivity (Wildman–Crippen MR) is 136 cm³/mol. The van der Waals surface area contributed by atoms with E-state index in [-0.39, 0.29) is 20.5 Å². The Balaban J connectivity index is 1.58. The molecule has 2 rings (SSSR count). The molecule has 0 aliphatic heterocycles. The van der Waals surface area contributed by atoms with Crippen molar-refractivity contribution in [2.75, 3.05) is 13.2 Å². The van der Waals surface area contributed by atoms with Crippen molar-refractivity contribution in [2.45, 2.75) is 102 Å². The molecule has 0 N–H and O–H groups in total. The van der Waals surface area contributed by atoms with Gasteiger partial charge < -0.3 is 0 Å². The number of halogens is 2. The molecular weight excluding hydrogens is 559 g/mol. The summed E-state index contributed by atoms with van der Waals surface area (Å²) in [6, 6.07) is 0. The molecule has 4 atom stereocenters. The first-order valence-electron chi connectivity index (χ1n) is 12.0. The van der Waals surface area contributed by atoms with Crippen LogP contribution in [0, 0.1) is 22.7 Å². The minimum atomic E-state index is -2.10. The van der Waals surface area contributed by atoms with Crippen LogP contribution in [-0.2, 0) is 23.2 Å². The van der Waals surface area contributed by atoms with Gasteiger partial charge in [0.1, 0.15) is 24.8 Å². The van der Waals surface area contributed by atoms with Crippen LogP contribution in [0.1, 0.15) is 91.9 Å². The number of ketones is 2. The minimum absolute atomic E-state index is 0.0245. The molecule has 0 spiro atoms. The van der Waals surface area contributed by atoms with Crippen LogP contribution in [-0.4, -0.2) is 34.4 Å². The van der Waals surface area contributed by atoms with Gasteiger partial charge in [-0.3, -0.25) is 9.59 Å². The maximum atomic E-state index is 12.1. The van der Waals surface area contributed by atoms with Gasteiger partial charge in [0.25, 0.3) is 0 Å². The van der Waals surface area contributed by atoms with Crippen molar-refractivity contribution in [3.63, 3.8) is 0 Å². The summed E-state index contributed by atoms with van der Waals surface area (Å²) < 4.78 is 22.9. The van der Waals surface area contributed by atoms with Crippen LogP contribution >= 0.6 is 40.1 Å². The Hall–Kier alpha value is 0.320. The average molecular weight is 599 g/mol. The third-order valence-corrected chi connectivity index (χ3v) is 10.4. The number of Topliss-reactive ketones (excluding diaryl/α,β-unsaturated/α-hetero) is 2. The largest absolute Gasteiger partial charge is 0.697 e. The van der Waals surface area contributed by atoms with Crippen LogP contribution in [0.15, 0.2) is 0 Å². The van der Waals surface area contributed by atoms with Crippen LogP contribution in [0.25, 0.3) is 0 Å². The van der Waals surface area contributed by atoms with Gasteiger partial charge in [0, 0.05) is 17.4 Å². The molecule has 2 aliphatic carbocycles. The van der Waals surface area contributed by atoms with Crippen molar-refractivity contribution >= 4 is 51.7 Å². The molecule has 2 saturated carbocycles. The Morgan fingerprint density at radius 1 is 0.781 bits per heavy atom. The Kier molecular flexibility index (Phi) is 11.5. The second-order valence-corrected chi connectivity index (χ2v) is 14.1. The van der Waals surface area contributed by atoms with Crippen molar-refractivity contribution in [3.05, 3.63) is 0 Å². The molecule has 2 aliphatic rings. The molecule has 32 heavy (non-hydrogen) atoms. The molecule has 0 aromatic heterocycles. The highest BCUT2D eigenvalue weighted by Crippen LogP contribution is 2.43. The van der Waals surface area contributed by atoms with Gasteiger partial charge in [0.15, 0.2) is 0 Å². The zero-order valence-electron chi connectivity index (χ0n) is 20.0. The van der Waals surface area contributed by atoms with E-state index in [1.807, 2.05) is 0 Å². The van der Waals surface area contributed by atoms with Crippen LogP contribution in [0.3, 0.4) is 0 Å². The maximum absolute atomic E-state index is 12.1. The van der Waals surface area contributed by atoms with E-state index in [4.69, 9.17) is 9.05 Å². The number of rotatable bonds is 12. The van der Waals surface area contributed by atoms with Crippen molar-refractivity contribution in [3.8, 4) is 0 Å². The Labute approximate surface area is 211 Å². The first-order valence-corrected chi connectivity index (χ1v) is 14.9. The standard InChI is InChI=1S/C24H40Br2O5P/c1-23(2,17-7-9-19(25)21(27)15-17)11-5-13-30-32(29)31-14-6-12-24(3,4)18-8-10-20(26)22(28)16-18/h17-20H,5-16H2,1-4H3/q+1. The Morgan fingerprint density at radius 3 is 1.50 bits per heavy atom. The molecule has 0 radical (unpaired) electrons. The van der Waals surface area contributed by atoms with Gasteiger partial charge >= 0.3 is 8.25 Å². The fourth-order valence-electron chi connectivity index (χ4n) is 5.08. The summed E-state index contributed by atoms with van der Waals surface area (Å²) >= 11 is 6.91. The van der Waals surface area contributed by atoms with Crippen LogP contribution in [0.2, 0.25) is 0 Å². The number of hydrogen-bond donors (Lipinski definition) is 0. The monoisotopic (exact) mass is 597 g/mol. The van der Waals surface area contributed by atoms with Gasteiger partial charge in [-0.15, -0.1) is 9.05 Å². The lowest BCUT2D eigenvalue weighted by Gasteiger charge is -2.37. The molecule has 8 heteroatoms. The molecule has 0 saturated heterocycles. The van der Waals surface area contributed by atoms with Crippen LogP contribution in [0.4, 0.5) is 0 Å².